The summed E-state index contributed by atoms with van der Waals surface area (Å²) in [5.74, 6) is -0.877. The molecule has 0 aromatic carbocycles. The van der Waals surface area contributed by atoms with Crippen molar-refractivity contribution in [3.8, 4) is 0 Å². The lowest BCUT2D eigenvalue weighted by molar-refractivity contribution is -0.146. The molecule has 1 aliphatic rings. The summed E-state index contributed by atoms with van der Waals surface area (Å²) in [6, 6.07) is 0. The molecule has 24 heavy (non-hydrogen) atoms. The monoisotopic (exact) mass is 356 g/mol. The summed E-state index contributed by atoms with van der Waals surface area (Å²) in [7, 11) is -2.03. The first-order valence-corrected chi connectivity index (χ1v) is 12.1. The maximum Gasteiger partial charge on any atom is 0.314 e. The number of hydrogen-bond acceptors (Lipinski definition) is 4. The van der Waals surface area contributed by atoms with Gasteiger partial charge in [0.25, 0.3) is 0 Å². The largest absolute Gasteiger partial charge is 0.460 e. The predicted molar refractivity (Wildman–Crippen MR) is 100 cm³/mol. The molecule has 0 bridgehead atoms. The minimum absolute atomic E-state index is 0.0541. The molecule has 0 aliphatic carbocycles. The molecule has 4 atom stereocenters. The fraction of sp³-hybridized carbons (Fsp3) is 0.842. The number of unbranched alkanes of at least 4 members (excludes halogenated alkanes) is 3. The molecule has 5 heteroatoms. The minimum atomic E-state index is -2.03. The molecule has 4 nitrogen and oxygen atoms in total. The summed E-state index contributed by atoms with van der Waals surface area (Å²) < 4.78 is 11.8. The van der Waals surface area contributed by atoms with Gasteiger partial charge in [-0.05, 0) is 44.3 Å². The van der Waals surface area contributed by atoms with Gasteiger partial charge >= 0.3 is 5.97 Å². The van der Waals surface area contributed by atoms with Crippen LogP contribution in [0.1, 0.15) is 59.8 Å². The standard InChI is InChI=1S/C19H36O4Si/c1-8-9-10-11-12-13-15(20)16-17(14(2)22-18(16)21)23-24(6,7)19(3,4)5/h8,14-17,20H,1,9-13H2,2-7H3/t14-,15?,16-,17+/m0/s1. The van der Waals surface area contributed by atoms with E-state index in [0.717, 1.165) is 25.7 Å². The smallest absolute Gasteiger partial charge is 0.314 e. The van der Waals surface area contributed by atoms with E-state index in [1.807, 2.05) is 13.0 Å². The van der Waals surface area contributed by atoms with E-state index in [1.54, 1.807) is 0 Å². The van der Waals surface area contributed by atoms with Crippen LogP contribution in [0.25, 0.3) is 0 Å². The zero-order chi connectivity index (χ0) is 18.5. The van der Waals surface area contributed by atoms with Gasteiger partial charge in [-0.25, -0.2) is 0 Å². The number of hydrogen-bond donors (Lipinski definition) is 1. The van der Waals surface area contributed by atoms with Gasteiger partial charge in [0.1, 0.15) is 12.0 Å². The van der Waals surface area contributed by atoms with Crippen LogP contribution < -0.4 is 0 Å². The van der Waals surface area contributed by atoms with Crippen molar-refractivity contribution in [1.82, 2.24) is 0 Å². The zero-order valence-corrected chi connectivity index (χ0v) is 17.3. The molecule has 0 aromatic heterocycles. The highest BCUT2D eigenvalue weighted by atomic mass is 28.4. The Morgan fingerprint density at radius 2 is 1.96 bits per heavy atom. The fourth-order valence-electron chi connectivity index (χ4n) is 2.82. The molecule has 1 fully saturated rings. The molecule has 0 aromatic rings. The second-order valence-corrected chi connectivity index (χ2v) is 13.3. The summed E-state index contributed by atoms with van der Waals surface area (Å²) in [5, 5.41) is 10.6. The Labute approximate surface area is 148 Å². The van der Waals surface area contributed by atoms with Crippen LogP contribution in [0.2, 0.25) is 18.1 Å². The van der Waals surface area contributed by atoms with Crippen molar-refractivity contribution in [2.45, 2.75) is 96.2 Å². The summed E-state index contributed by atoms with van der Waals surface area (Å²) in [6.07, 6.45) is 5.20. The van der Waals surface area contributed by atoms with Crippen molar-refractivity contribution in [2.75, 3.05) is 0 Å². The molecule has 0 saturated carbocycles. The van der Waals surface area contributed by atoms with Crippen molar-refractivity contribution in [1.29, 1.82) is 0 Å². The van der Waals surface area contributed by atoms with E-state index in [4.69, 9.17) is 9.16 Å². The van der Waals surface area contributed by atoms with Crippen LogP contribution in [-0.4, -0.2) is 37.7 Å². The predicted octanol–water partition coefficient (Wildman–Crippen LogP) is 4.44. The zero-order valence-electron chi connectivity index (χ0n) is 16.3. The molecule has 0 spiro atoms. The SMILES string of the molecule is C=CCCCCCC(O)[C@@H]1C(=O)O[C@@H](C)[C@H]1O[Si](C)(C)C(C)(C)C. The Balaban J connectivity index is 2.71. The van der Waals surface area contributed by atoms with Crippen LogP contribution in [0, 0.1) is 5.92 Å². The number of carbonyl (C=O) groups is 1. The van der Waals surface area contributed by atoms with Crippen LogP contribution in [-0.2, 0) is 14.0 Å². The van der Waals surface area contributed by atoms with Crippen molar-refractivity contribution < 1.29 is 19.1 Å². The number of aliphatic hydroxyl groups is 1. The molecule has 1 aliphatic heterocycles. The van der Waals surface area contributed by atoms with E-state index in [9.17, 15) is 9.90 Å². The molecule has 1 N–H and O–H groups in total. The van der Waals surface area contributed by atoms with Crippen LogP contribution >= 0.6 is 0 Å². The van der Waals surface area contributed by atoms with Gasteiger partial charge in [-0.1, -0.05) is 39.7 Å². The summed E-state index contributed by atoms with van der Waals surface area (Å²) >= 11 is 0. The Morgan fingerprint density at radius 3 is 2.50 bits per heavy atom. The first-order chi connectivity index (χ1) is 11.0. The number of ether oxygens (including phenoxy) is 1. The van der Waals surface area contributed by atoms with Gasteiger partial charge in [0, 0.05) is 0 Å². The quantitative estimate of drug-likeness (QED) is 0.287. The Bertz CT molecular complexity index is 428. The highest BCUT2D eigenvalue weighted by Gasteiger charge is 2.51. The van der Waals surface area contributed by atoms with Gasteiger partial charge < -0.3 is 14.3 Å². The molecule has 1 unspecified atom stereocenters. The summed E-state index contributed by atoms with van der Waals surface area (Å²) in [4.78, 5) is 12.2. The number of esters is 1. The first-order valence-electron chi connectivity index (χ1n) is 9.18. The molecule has 140 valence electrons. The lowest BCUT2D eigenvalue weighted by Crippen LogP contribution is -2.49. The second kappa shape index (κ2) is 8.63. The van der Waals surface area contributed by atoms with Gasteiger partial charge in [-0.3, -0.25) is 4.79 Å². The number of aliphatic hydroxyl groups excluding tert-OH is 1. The lowest BCUT2D eigenvalue weighted by atomic mass is 9.92. The van der Waals surface area contributed by atoms with E-state index >= 15 is 0 Å². The topological polar surface area (TPSA) is 55.8 Å². The second-order valence-electron chi connectivity index (χ2n) is 8.50. The van der Waals surface area contributed by atoms with Crippen molar-refractivity contribution in [2.24, 2.45) is 5.92 Å². The average molecular weight is 357 g/mol. The number of cyclic esters (lactones) is 1. The van der Waals surface area contributed by atoms with E-state index in [0.29, 0.717) is 6.42 Å². The van der Waals surface area contributed by atoms with Crippen LogP contribution in [0.3, 0.4) is 0 Å². The molecule has 1 rings (SSSR count). The highest BCUT2D eigenvalue weighted by Crippen LogP contribution is 2.41. The highest BCUT2D eigenvalue weighted by molar-refractivity contribution is 6.74. The first kappa shape index (κ1) is 21.4. The summed E-state index contributed by atoms with van der Waals surface area (Å²) in [5.41, 5.74) is 0. The van der Waals surface area contributed by atoms with E-state index in [2.05, 4.69) is 40.4 Å². The van der Waals surface area contributed by atoms with Crippen LogP contribution in [0.4, 0.5) is 0 Å². The molecular formula is C19H36O4Si. The maximum atomic E-state index is 12.2. The molecular weight excluding hydrogens is 320 g/mol. The molecule has 1 heterocycles. The van der Waals surface area contributed by atoms with Gasteiger partial charge in [0.2, 0.25) is 0 Å². The molecule has 0 radical (unpaired) electrons. The van der Waals surface area contributed by atoms with Crippen molar-refractivity contribution >= 4 is 14.3 Å². The molecule has 1 saturated heterocycles. The van der Waals surface area contributed by atoms with E-state index < -0.39 is 20.3 Å². The number of rotatable bonds is 9. The van der Waals surface area contributed by atoms with E-state index in [1.165, 1.54) is 0 Å². The average Bonchev–Trinajstić information content (AvgIpc) is 2.71. The minimum Gasteiger partial charge on any atom is -0.460 e. The lowest BCUT2D eigenvalue weighted by Gasteiger charge is -2.40. The third-order valence-corrected chi connectivity index (χ3v) is 9.92. The van der Waals surface area contributed by atoms with Crippen molar-refractivity contribution in [3.05, 3.63) is 12.7 Å². The number of allylic oxidation sites excluding steroid dienone is 1. The number of carbonyl (C=O) groups excluding carboxylic acids is 1. The van der Waals surface area contributed by atoms with Gasteiger partial charge in [-0.15, -0.1) is 6.58 Å². The van der Waals surface area contributed by atoms with Gasteiger partial charge in [-0.2, -0.15) is 0 Å². The Kier molecular flexibility index (Phi) is 7.69. The third-order valence-electron chi connectivity index (χ3n) is 5.45. The fourth-order valence-corrected chi connectivity index (χ4v) is 4.19. The normalized spacial score (nSPS) is 26.3. The van der Waals surface area contributed by atoms with Crippen molar-refractivity contribution in [3.63, 3.8) is 0 Å². The maximum absolute atomic E-state index is 12.2. The Hall–Kier alpha value is -0.653. The van der Waals surface area contributed by atoms with Crippen LogP contribution in [0.5, 0.6) is 0 Å². The van der Waals surface area contributed by atoms with Gasteiger partial charge in [0.15, 0.2) is 8.32 Å². The summed E-state index contributed by atoms with van der Waals surface area (Å²) in [6.45, 7) is 16.4. The van der Waals surface area contributed by atoms with Crippen LogP contribution in [0.15, 0.2) is 12.7 Å². The van der Waals surface area contributed by atoms with Gasteiger partial charge in [0.05, 0.1) is 12.2 Å². The Morgan fingerprint density at radius 1 is 1.33 bits per heavy atom. The molecule has 0 amide bonds. The third kappa shape index (κ3) is 5.43. The van der Waals surface area contributed by atoms with E-state index in [-0.39, 0.29) is 23.2 Å².